The van der Waals surface area contributed by atoms with Gasteiger partial charge in [0.25, 0.3) is 5.89 Å². The molecule has 0 saturated carbocycles. The van der Waals surface area contributed by atoms with Crippen LogP contribution in [-0.4, -0.2) is 23.5 Å². The number of nitrogens with zero attached hydrogens (tertiary/aromatic N) is 3. The molecule has 8 heteroatoms. The second-order valence-electron chi connectivity index (χ2n) is 7.34. The minimum Gasteiger partial charge on any atom is -0.441 e. The van der Waals surface area contributed by atoms with Crippen LogP contribution in [0.15, 0.2) is 86.6 Å². The molecule has 0 amide bonds. The van der Waals surface area contributed by atoms with Gasteiger partial charge in [-0.1, -0.05) is 42.4 Å². The smallest absolute Gasteiger partial charge is 0.258 e. The van der Waals surface area contributed by atoms with Crippen LogP contribution in [-0.2, 0) is 22.0 Å². The predicted molar refractivity (Wildman–Crippen MR) is 119 cm³/mol. The number of fused-ring (bicyclic) bond motifs is 1. The third kappa shape index (κ3) is 3.92. The average Bonchev–Trinajstić information content (AvgIpc) is 3.46. The number of benzene rings is 3. The largest absolute Gasteiger partial charge is 0.441 e. The molecule has 0 aliphatic carbocycles. The third-order valence-electron chi connectivity index (χ3n) is 5.08. The Morgan fingerprint density at radius 2 is 1.62 bits per heavy atom. The molecule has 2 heterocycles. The summed E-state index contributed by atoms with van der Waals surface area (Å²) in [5.74, 6) is 1.40. The fourth-order valence-corrected chi connectivity index (χ4v) is 4.77. The van der Waals surface area contributed by atoms with Crippen molar-refractivity contribution in [3.63, 3.8) is 0 Å². The Labute approximate surface area is 184 Å². The van der Waals surface area contributed by atoms with E-state index in [0.29, 0.717) is 33.6 Å². The average molecular weight is 446 g/mol. The van der Waals surface area contributed by atoms with Crippen LogP contribution < -0.4 is 0 Å². The lowest BCUT2D eigenvalue weighted by molar-refractivity contribution is 0.432. The highest BCUT2D eigenvalue weighted by Crippen LogP contribution is 2.26. The Morgan fingerprint density at radius 1 is 0.875 bits per heavy atom. The Balaban J connectivity index is 1.36. The number of rotatable bonds is 6. The van der Waals surface area contributed by atoms with E-state index in [9.17, 15) is 8.42 Å². The molecule has 0 unspecified atom stereocenters. The molecule has 0 saturated heterocycles. The van der Waals surface area contributed by atoms with Gasteiger partial charge in [0, 0.05) is 17.5 Å². The summed E-state index contributed by atoms with van der Waals surface area (Å²) in [5.41, 5.74) is 3.63. The molecule has 2 aromatic heterocycles. The number of aryl methyl sites for hydroxylation is 1. The molecule has 160 valence electrons. The van der Waals surface area contributed by atoms with Crippen molar-refractivity contribution in [3.05, 3.63) is 84.3 Å². The first-order valence-electron chi connectivity index (χ1n) is 10.1. The normalized spacial score (nSPS) is 11.8. The Morgan fingerprint density at radius 3 is 2.38 bits per heavy atom. The summed E-state index contributed by atoms with van der Waals surface area (Å²) in [6, 6.07) is 21.1. The highest BCUT2D eigenvalue weighted by atomic mass is 32.2. The standard InChI is InChI=1S/C24H19N3O4S/c1-2-22-25-20-14-18(12-13-21(20)30-22)23-26-24(31-27-23)17-10-8-16(9-11-17)15-32(28,29)19-6-4-3-5-7-19/h3-14H,2,15H2,1H3. The molecule has 7 nitrogen and oxygen atoms in total. The van der Waals surface area contributed by atoms with Gasteiger partial charge < -0.3 is 8.94 Å². The Kier molecular flexibility index (Phi) is 5.07. The van der Waals surface area contributed by atoms with Gasteiger partial charge in [-0.05, 0) is 48.0 Å². The van der Waals surface area contributed by atoms with Crippen molar-refractivity contribution in [2.45, 2.75) is 24.0 Å². The number of aromatic nitrogens is 3. The monoisotopic (exact) mass is 445 g/mol. The van der Waals surface area contributed by atoms with Crippen molar-refractivity contribution in [3.8, 4) is 22.8 Å². The van der Waals surface area contributed by atoms with E-state index in [1.807, 2.05) is 25.1 Å². The maximum atomic E-state index is 12.6. The molecule has 0 spiro atoms. The molecule has 0 N–H and O–H groups in total. The van der Waals surface area contributed by atoms with Crippen LogP contribution in [0.5, 0.6) is 0 Å². The molecule has 0 aliphatic heterocycles. The van der Waals surface area contributed by atoms with Crippen molar-refractivity contribution in [2.75, 3.05) is 0 Å². The number of hydrogen-bond acceptors (Lipinski definition) is 7. The fourth-order valence-electron chi connectivity index (χ4n) is 3.40. The molecule has 32 heavy (non-hydrogen) atoms. The lowest BCUT2D eigenvalue weighted by Crippen LogP contribution is -2.04. The third-order valence-corrected chi connectivity index (χ3v) is 6.78. The minimum atomic E-state index is -3.41. The van der Waals surface area contributed by atoms with Crippen LogP contribution in [0.25, 0.3) is 33.9 Å². The first-order valence-corrected chi connectivity index (χ1v) is 11.8. The van der Waals surface area contributed by atoms with Crippen LogP contribution >= 0.6 is 0 Å². The summed E-state index contributed by atoms with van der Waals surface area (Å²) in [5, 5.41) is 4.08. The van der Waals surface area contributed by atoms with Crippen LogP contribution in [0, 0.1) is 0 Å². The van der Waals surface area contributed by atoms with Crippen molar-refractivity contribution < 1.29 is 17.4 Å². The summed E-state index contributed by atoms with van der Waals surface area (Å²) in [7, 11) is -3.41. The molecular formula is C24H19N3O4S. The van der Waals surface area contributed by atoms with E-state index in [4.69, 9.17) is 8.94 Å². The van der Waals surface area contributed by atoms with Gasteiger partial charge in [-0.15, -0.1) is 0 Å². The molecule has 0 aliphatic rings. The van der Waals surface area contributed by atoms with Gasteiger partial charge in [-0.25, -0.2) is 13.4 Å². The van der Waals surface area contributed by atoms with Gasteiger partial charge in [-0.3, -0.25) is 0 Å². The van der Waals surface area contributed by atoms with E-state index in [0.717, 1.165) is 23.1 Å². The summed E-state index contributed by atoms with van der Waals surface area (Å²) >= 11 is 0. The number of sulfone groups is 1. The van der Waals surface area contributed by atoms with Crippen molar-refractivity contribution in [1.29, 1.82) is 0 Å². The number of oxazole rings is 1. The second kappa shape index (κ2) is 8.05. The van der Waals surface area contributed by atoms with Gasteiger partial charge in [0.2, 0.25) is 5.82 Å². The quantitative estimate of drug-likeness (QED) is 0.359. The molecule has 5 rings (SSSR count). The lowest BCUT2D eigenvalue weighted by Gasteiger charge is -2.05. The Hall–Kier alpha value is -3.78. The van der Waals surface area contributed by atoms with E-state index < -0.39 is 9.84 Å². The van der Waals surface area contributed by atoms with Crippen molar-refractivity contribution in [1.82, 2.24) is 15.1 Å². The molecule has 0 bridgehead atoms. The zero-order chi connectivity index (χ0) is 22.1. The molecule has 0 atom stereocenters. The molecule has 5 aromatic rings. The highest BCUT2D eigenvalue weighted by molar-refractivity contribution is 7.90. The van der Waals surface area contributed by atoms with Gasteiger partial charge in [0.15, 0.2) is 21.3 Å². The zero-order valence-corrected chi connectivity index (χ0v) is 18.0. The molecule has 0 fully saturated rings. The topological polar surface area (TPSA) is 99.1 Å². The van der Waals surface area contributed by atoms with Crippen LogP contribution in [0.4, 0.5) is 0 Å². The number of hydrogen-bond donors (Lipinski definition) is 0. The predicted octanol–water partition coefficient (Wildman–Crippen LogP) is 5.08. The van der Waals surface area contributed by atoms with Gasteiger partial charge in [-0.2, -0.15) is 4.98 Å². The second-order valence-corrected chi connectivity index (χ2v) is 9.33. The Bertz CT molecular complexity index is 1490. The minimum absolute atomic E-state index is 0.0795. The lowest BCUT2D eigenvalue weighted by atomic mass is 10.1. The van der Waals surface area contributed by atoms with Crippen LogP contribution in [0.1, 0.15) is 18.4 Å². The zero-order valence-electron chi connectivity index (χ0n) is 17.2. The van der Waals surface area contributed by atoms with E-state index >= 15 is 0 Å². The SMILES string of the molecule is CCc1nc2cc(-c3noc(-c4ccc(CS(=O)(=O)c5ccccc5)cc4)n3)ccc2o1. The summed E-state index contributed by atoms with van der Waals surface area (Å²) in [6.07, 6.45) is 0.721. The fraction of sp³-hybridized carbons (Fsp3) is 0.125. The van der Waals surface area contributed by atoms with Gasteiger partial charge >= 0.3 is 0 Å². The van der Waals surface area contributed by atoms with Crippen molar-refractivity contribution in [2.24, 2.45) is 0 Å². The summed E-state index contributed by atoms with van der Waals surface area (Å²) < 4.78 is 36.2. The molecule has 0 radical (unpaired) electrons. The van der Waals surface area contributed by atoms with E-state index in [2.05, 4.69) is 15.1 Å². The van der Waals surface area contributed by atoms with Crippen molar-refractivity contribution >= 4 is 20.9 Å². The molecule has 3 aromatic carbocycles. The molecular weight excluding hydrogens is 426 g/mol. The summed E-state index contributed by atoms with van der Waals surface area (Å²) in [4.78, 5) is 9.23. The summed E-state index contributed by atoms with van der Waals surface area (Å²) in [6.45, 7) is 1.99. The van der Waals surface area contributed by atoms with Crippen LogP contribution in [0.3, 0.4) is 0 Å². The van der Waals surface area contributed by atoms with E-state index in [1.54, 1.807) is 54.6 Å². The van der Waals surface area contributed by atoms with Gasteiger partial charge in [0.05, 0.1) is 10.6 Å². The van der Waals surface area contributed by atoms with Gasteiger partial charge in [0.1, 0.15) is 5.52 Å². The highest BCUT2D eigenvalue weighted by Gasteiger charge is 2.16. The first-order chi connectivity index (χ1) is 15.5. The first kappa shape index (κ1) is 20.1. The maximum absolute atomic E-state index is 12.6. The van der Waals surface area contributed by atoms with E-state index in [1.165, 1.54) is 0 Å². The van der Waals surface area contributed by atoms with E-state index in [-0.39, 0.29) is 5.75 Å². The van der Waals surface area contributed by atoms with Crippen LogP contribution in [0.2, 0.25) is 0 Å². The maximum Gasteiger partial charge on any atom is 0.258 e.